The Morgan fingerprint density at radius 2 is 1.74 bits per heavy atom. The van der Waals surface area contributed by atoms with Gasteiger partial charge in [-0.15, -0.1) is 0 Å². The molecule has 3 aromatic rings. The summed E-state index contributed by atoms with van der Waals surface area (Å²) in [6.45, 7) is 6.57. The maximum Gasteiger partial charge on any atom is 0.416 e. The molecule has 2 N–H and O–H groups in total. The van der Waals surface area contributed by atoms with Gasteiger partial charge in [-0.3, -0.25) is 9.59 Å². The molecule has 53 heavy (non-hydrogen) atoms. The predicted octanol–water partition coefficient (Wildman–Crippen LogP) is 8.47. The molecule has 1 fully saturated rings. The number of carbonyl (C=O) groups is 2. The molecule has 7 nitrogen and oxygen atoms in total. The van der Waals surface area contributed by atoms with Gasteiger partial charge in [-0.25, -0.2) is 0 Å². The van der Waals surface area contributed by atoms with Crippen molar-refractivity contribution in [2.24, 2.45) is 5.41 Å². The molecule has 0 spiro atoms. The largest absolute Gasteiger partial charge is 0.493 e. The Morgan fingerprint density at radius 1 is 0.981 bits per heavy atom. The van der Waals surface area contributed by atoms with Gasteiger partial charge in [-0.2, -0.15) is 13.2 Å². The Labute approximate surface area is 310 Å². The number of ketones is 1. The zero-order chi connectivity index (χ0) is 38.6. The molecule has 2 bridgehead atoms. The normalized spacial score (nSPS) is 23.5. The van der Waals surface area contributed by atoms with E-state index in [4.69, 9.17) is 9.47 Å². The zero-order valence-electron chi connectivity index (χ0n) is 31.4. The van der Waals surface area contributed by atoms with Gasteiger partial charge in [0.15, 0.2) is 17.3 Å². The second-order valence-corrected chi connectivity index (χ2v) is 15.0. The fourth-order valence-electron chi connectivity index (χ4n) is 8.34. The van der Waals surface area contributed by atoms with E-state index in [2.05, 4.69) is 6.08 Å². The van der Waals surface area contributed by atoms with E-state index in [-0.39, 0.29) is 42.3 Å². The summed E-state index contributed by atoms with van der Waals surface area (Å²) in [5.41, 5.74) is 0.358. The Morgan fingerprint density at radius 3 is 2.43 bits per heavy atom. The van der Waals surface area contributed by atoms with E-state index in [0.717, 1.165) is 23.3 Å². The predicted molar refractivity (Wildman–Crippen MR) is 198 cm³/mol. The van der Waals surface area contributed by atoms with Crippen molar-refractivity contribution in [3.8, 4) is 11.5 Å². The number of halogens is 3. The van der Waals surface area contributed by atoms with Crippen molar-refractivity contribution in [2.45, 2.75) is 102 Å². The van der Waals surface area contributed by atoms with E-state index < -0.39 is 34.6 Å². The maximum atomic E-state index is 14.3. The van der Waals surface area contributed by atoms with E-state index in [1.807, 2.05) is 39.0 Å². The number of hydrogen-bond donors (Lipinski definition) is 2. The van der Waals surface area contributed by atoms with Crippen LogP contribution in [-0.4, -0.2) is 65.8 Å². The highest BCUT2D eigenvalue weighted by atomic mass is 19.4. The lowest BCUT2D eigenvalue weighted by atomic mass is 9.64. The van der Waals surface area contributed by atoms with Crippen LogP contribution in [0.5, 0.6) is 11.5 Å². The van der Waals surface area contributed by atoms with Gasteiger partial charge >= 0.3 is 6.18 Å². The van der Waals surface area contributed by atoms with Gasteiger partial charge in [0.05, 0.1) is 37.9 Å². The van der Waals surface area contributed by atoms with Crippen LogP contribution in [0.2, 0.25) is 0 Å². The first kappa shape index (κ1) is 40.0. The van der Waals surface area contributed by atoms with Crippen molar-refractivity contribution in [3.05, 3.63) is 106 Å². The number of alkyl halides is 3. The minimum Gasteiger partial charge on any atom is -0.493 e. The molecule has 3 aliphatic carbocycles. The van der Waals surface area contributed by atoms with E-state index in [1.54, 1.807) is 30.2 Å². The minimum absolute atomic E-state index is 0.0803. The number of fused-ring (bicyclic) bond motifs is 8. The summed E-state index contributed by atoms with van der Waals surface area (Å²) in [7, 11) is 3.09. The summed E-state index contributed by atoms with van der Waals surface area (Å²) in [5, 5.41) is 23.7. The first-order chi connectivity index (χ1) is 25.1. The van der Waals surface area contributed by atoms with Crippen molar-refractivity contribution in [2.75, 3.05) is 27.3 Å². The van der Waals surface area contributed by atoms with Gasteiger partial charge in [0.1, 0.15) is 0 Å². The highest BCUT2D eigenvalue weighted by Gasteiger charge is 2.57. The fourth-order valence-corrected chi connectivity index (χ4v) is 8.34. The average molecular weight is 736 g/mol. The number of aliphatic hydroxyl groups is 2. The minimum atomic E-state index is -4.62. The highest BCUT2D eigenvalue weighted by molar-refractivity contribution is 6.10. The van der Waals surface area contributed by atoms with Gasteiger partial charge in [0.2, 0.25) is 5.91 Å². The number of hydrogen-bond acceptors (Lipinski definition) is 6. The van der Waals surface area contributed by atoms with Crippen LogP contribution in [0, 0.1) is 5.41 Å². The van der Waals surface area contributed by atoms with Crippen molar-refractivity contribution in [1.29, 1.82) is 0 Å². The molecule has 0 aliphatic heterocycles. The van der Waals surface area contributed by atoms with Crippen LogP contribution in [0.15, 0.2) is 72.3 Å². The first-order valence-corrected chi connectivity index (χ1v) is 18.5. The van der Waals surface area contributed by atoms with Gasteiger partial charge < -0.3 is 24.6 Å². The van der Waals surface area contributed by atoms with Gasteiger partial charge in [0.25, 0.3) is 0 Å². The molecule has 4 unspecified atom stereocenters. The summed E-state index contributed by atoms with van der Waals surface area (Å²) in [5.74, 6) is 0.0443. The number of rotatable bonds is 10. The monoisotopic (exact) mass is 735 g/mol. The van der Waals surface area contributed by atoms with E-state index in [0.29, 0.717) is 74.1 Å². The van der Waals surface area contributed by atoms with Crippen molar-refractivity contribution in [3.63, 3.8) is 0 Å². The molecule has 6 rings (SSSR count). The molecule has 4 atom stereocenters. The van der Waals surface area contributed by atoms with Crippen LogP contribution in [0.4, 0.5) is 13.2 Å². The quantitative estimate of drug-likeness (QED) is 0.160. The topological polar surface area (TPSA) is 96.3 Å². The SMILES string of the molecule is CCCN(CC1(O)CCC2c3ccc(cc3C(=O)c3cccc(C(F)(F)F)c3)CC(O)CCC(C)=CCCC21C)C(=O)Cc1ccc(OC)c(OC)c1. The van der Waals surface area contributed by atoms with Gasteiger partial charge in [-0.05, 0) is 111 Å². The Balaban J connectivity index is 1.56. The summed E-state index contributed by atoms with van der Waals surface area (Å²) < 4.78 is 52.0. The molecule has 1 saturated carbocycles. The smallest absolute Gasteiger partial charge is 0.416 e. The average Bonchev–Trinajstić information content (AvgIpc) is 3.38. The number of benzene rings is 3. The summed E-state index contributed by atoms with van der Waals surface area (Å²) >= 11 is 0. The molecule has 0 heterocycles. The van der Waals surface area contributed by atoms with Gasteiger partial charge in [0, 0.05) is 29.6 Å². The van der Waals surface area contributed by atoms with Crippen LogP contribution in [0.1, 0.15) is 110 Å². The maximum absolute atomic E-state index is 14.3. The number of nitrogens with zero attached hydrogens (tertiary/aromatic N) is 1. The molecule has 1 amide bonds. The highest BCUT2D eigenvalue weighted by Crippen LogP contribution is 2.59. The summed E-state index contributed by atoms with van der Waals surface area (Å²) in [6, 6.07) is 15.3. The molecule has 10 heteroatoms. The molecule has 3 aliphatic rings. The lowest BCUT2D eigenvalue weighted by molar-refractivity contribution is -0.139. The molecule has 0 radical (unpaired) electrons. The number of ether oxygens (including phenoxy) is 2. The third-order valence-electron chi connectivity index (χ3n) is 11.5. The summed E-state index contributed by atoms with van der Waals surface area (Å²) in [6.07, 6.45) is 1.14. The molecular weight excluding hydrogens is 683 g/mol. The Kier molecular flexibility index (Phi) is 12.4. The number of carbonyl (C=O) groups excluding carboxylic acids is 2. The molecule has 286 valence electrons. The number of aliphatic hydroxyl groups excluding tert-OH is 1. The Bertz CT molecular complexity index is 1820. The molecule has 0 saturated heterocycles. The number of amides is 1. The molecule has 3 aromatic carbocycles. The van der Waals surface area contributed by atoms with Crippen molar-refractivity contribution in [1.82, 2.24) is 4.90 Å². The van der Waals surface area contributed by atoms with E-state index in [1.165, 1.54) is 19.2 Å². The van der Waals surface area contributed by atoms with Crippen LogP contribution in [0.3, 0.4) is 0 Å². The van der Waals surface area contributed by atoms with Crippen molar-refractivity contribution >= 4 is 11.7 Å². The van der Waals surface area contributed by atoms with E-state index >= 15 is 0 Å². The fraction of sp³-hybridized carbons (Fsp3) is 0.488. The van der Waals surface area contributed by atoms with Gasteiger partial charge in [-0.1, -0.05) is 55.8 Å². The van der Waals surface area contributed by atoms with E-state index in [9.17, 15) is 33.0 Å². The van der Waals surface area contributed by atoms with Crippen LogP contribution in [-0.2, 0) is 23.8 Å². The third kappa shape index (κ3) is 8.81. The number of allylic oxidation sites excluding steroid dienone is 2. The first-order valence-electron chi connectivity index (χ1n) is 18.5. The van der Waals surface area contributed by atoms with Crippen LogP contribution < -0.4 is 9.47 Å². The second kappa shape index (κ2) is 16.5. The molecular formula is C43H52F3NO6. The standard InChI is InChI=1S/C43H52F3NO6/c1-6-21-47(39(49)25-30-14-17-37(52-4)38(24-30)53-5)27-42(51)20-18-36-34-16-13-29(22-33(48)15-12-28(2)9-8-19-41(36,42)3)23-35(34)40(50)31-10-7-11-32(26-31)43(44,45)46/h7,9-11,13-14,16-17,23-24,26,33,36,48,51H,6,8,12,15,18-22,25,27H2,1-5H3. The lowest BCUT2D eigenvalue weighted by Gasteiger charge is -2.46. The second-order valence-electron chi connectivity index (χ2n) is 15.0. The van der Waals surface area contributed by atoms with Crippen LogP contribution >= 0.6 is 0 Å². The third-order valence-corrected chi connectivity index (χ3v) is 11.5. The lowest BCUT2D eigenvalue weighted by Crippen LogP contribution is -2.54. The zero-order valence-corrected chi connectivity index (χ0v) is 31.4. The number of methoxy groups -OCH3 is 2. The van der Waals surface area contributed by atoms with Crippen LogP contribution in [0.25, 0.3) is 0 Å². The molecule has 0 aromatic heterocycles. The summed E-state index contributed by atoms with van der Waals surface area (Å²) in [4.78, 5) is 30.0. The van der Waals surface area contributed by atoms with Crippen molar-refractivity contribution < 1.29 is 42.4 Å². The Hall–Kier alpha value is -4.15.